The van der Waals surface area contributed by atoms with Gasteiger partial charge in [-0.3, -0.25) is 81.8 Å². The van der Waals surface area contributed by atoms with Crippen LogP contribution in [0.15, 0.2) is 0 Å². The minimum Gasteiger partial charge on any atom is -0.273 e. The highest BCUT2D eigenvalue weighted by molar-refractivity contribution is 5.92. The van der Waals surface area contributed by atoms with Gasteiger partial charge in [-0.1, -0.05) is 27.7 Å². The summed E-state index contributed by atoms with van der Waals surface area (Å²) in [5.41, 5.74) is 17.0. The largest absolute Gasteiger partial charge is 0.273 e. The molecule has 200 valence electrons. The van der Waals surface area contributed by atoms with Gasteiger partial charge in [0.15, 0.2) is 0 Å². The Kier molecular flexibility index (Phi) is 11.8. The van der Waals surface area contributed by atoms with E-state index in [9.17, 15) is 38.4 Å². The molecule has 4 atom stereocenters. The van der Waals surface area contributed by atoms with E-state index in [0.717, 1.165) is 0 Å². The third-order valence-corrected chi connectivity index (χ3v) is 5.06. The average molecular weight is 513 g/mol. The Balaban J connectivity index is 2.85. The van der Waals surface area contributed by atoms with Gasteiger partial charge >= 0.3 is 0 Å². The van der Waals surface area contributed by atoms with Crippen LogP contribution in [0.5, 0.6) is 0 Å². The average Bonchev–Trinajstić information content (AvgIpc) is 2.81. The molecular formula is C20H32N8O8. The van der Waals surface area contributed by atoms with Gasteiger partial charge in [-0.25, -0.2) is 0 Å². The van der Waals surface area contributed by atoms with Crippen LogP contribution in [0.25, 0.3) is 0 Å². The molecule has 0 bridgehead atoms. The lowest BCUT2D eigenvalue weighted by Crippen LogP contribution is -2.50. The molecule has 1 aliphatic heterocycles. The molecule has 1 aliphatic rings. The van der Waals surface area contributed by atoms with Crippen LogP contribution in [0.2, 0.25) is 0 Å². The number of nitrogens with one attached hydrogen (secondary N) is 8. The maximum Gasteiger partial charge on any atom is 0.241 e. The number of amides is 8. The standard InChI is InChI=1S/C20H32N8O8/c1-9-5-13(29)21-26-18(34)11(3)7-15(31)23-28-20(36)12(4)8-16(32)24-27-19(35)10(2)6-14(30)22-25-17(9)33/h9-12H,5-8H2,1-4H3,(H,21,29)(H,22,30)(H,23,31)(H,24,32)(H,25,33)(H,26,34)(H,27,35)(H,28,36). The van der Waals surface area contributed by atoms with Gasteiger partial charge in [-0.15, -0.1) is 0 Å². The molecule has 1 rings (SSSR count). The number of hydrogen-bond donors (Lipinski definition) is 8. The van der Waals surface area contributed by atoms with Crippen LogP contribution in [-0.2, 0) is 38.4 Å². The Morgan fingerprint density at radius 3 is 0.694 bits per heavy atom. The maximum atomic E-state index is 12.1. The number of hydrazine groups is 4. The van der Waals surface area contributed by atoms with Gasteiger partial charge in [0.25, 0.3) is 0 Å². The second-order valence-corrected chi connectivity index (χ2v) is 8.57. The molecule has 0 aromatic heterocycles. The van der Waals surface area contributed by atoms with Crippen LogP contribution in [0.3, 0.4) is 0 Å². The summed E-state index contributed by atoms with van der Waals surface area (Å²) in [6, 6.07) is 0. The molecule has 0 aromatic rings. The lowest BCUT2D eigenvalue weighted by atomic mass is 10.1. The predicted molar refractivity (Wildman–Crippen MR) is 120 cm³/mol. The van der Waals surface area contributed by atoms with E-state index >= 15 is 0 Å². The Morgan fingerprint density at radius 1 is 0.361 bits per heavy atom. The summed E-state index contributed by atoms with van der Waals surface area (Å²) in [6.07, 6.45) is -1.34. The minimum atomic E-state index is -0.891. The predicted octanol–water partition coefficient (Wildman–Crippen LogP) is -3.31. The zero-order chi connectivity index (χ0) is 27.4. The fraction of sp³-hybridized carbons (Fsp3) is 0.600. The zero-order valence-electron chi connectivity index (χ0n) is 20.4. The Labute approximate surface area is 206 Å². The summed E-state index contributed by atoms with van der Waals surface area (Å²) in [5, 5.41) is 0. The monoisotopic (exact) mass is 512 g/mol. The molecule has 0 radical (unpaired) electrons. The van der Waals surface area contributed by atoms with Gasteiger partial charge < -0.3 is 0 Å². The topological polar surface area (TPSA) is 233 Å². The first-order valence-corrected chi connectivity index (χ1v) is 11.1. The van der Waals surface area contributed by atoms with E-state index in [0.29, 0.717) is 0 Å². The van der Waals surface area contributed by atoms with Crippen LogP contribution in [-0.4, -0.2) is 47.3 Å². The molecule has 1 heterocycles. The molecule has 8 amide bonds. The zero-order valence-corrected chi connectivity index (χ0v) is 20.4. The van der Waals surface area contributed by atoms with Crippen LogP contribution in [0, 0.1) is 23.7 Å². The molecule has 16 nitrogen and oxygen atoms in total. The quantitative estimate of drug-likeness (QED) is 0.163. The summed E-state index contributed by atoms with van der Waals surface area (Å²) in [4.78, 5) is 96.4. The first kappa shape index (κ1) is 29.8. The summed E-state index contributed by atoms with van der Waals surface area (Å²) in [7, 11) is 0. The molecule has 1 fully saturated rings. The summed E-state index contributed by atoms with van der Waals surface area (Å²) in [5.74, 6) is -9.11. The van der Waals surface area contributed by atoms with E-state index in [1.165, 1.54) is 27.7 Å². The Morgan fingerprint density at radius 2 is 0.528 bits per heavy atom. The van der Waals surface area contributed by atoms with Gasteiger partial charge in [-0.2, -0.15) is 0 Å². The molecular weight excluding hydrogens is 480 g/mol. The molecule has 0 aromatic carbocycles. The molecule has 36 heavy (non-hydrogen) atoms. The smallest absolute Gasteiger partial charge is 0.241 e. The van der Waals surface area contributed by atoms with Crippen molar-refractivity contribution in [1.29, 1.82) is 0 Å². The summed E-state index contributed by atoms with van der Waals surface area (Å²) < 4.78 is 0. The molecule has 16 heteroatoms. The lowest BCUT2D eigenvalue weighted by Gasteiger charge is -2.17. The maximum absolute atomic E-state index is 12.1. The molecule has 4 unspecified atom stereocenters. The summed E-state index contributed by atoms with van der Waals surface area (Å²) >= 11 is 0. The van der Waals surface area contributed by atoms with Crippen LogP contribution < -0.4 is 43.4 Å². The van der Waals surface area contributed by atoms with Gasteiger partial charge in [0, 0.05) is 49.4 Å². The van der Waals surface area contributed by atoms with Crippen molar-refractivity contribution in [3.05, 3.63) is 0 Å². The van der Waals surface area contributed by atoms with Crippen molar-refractivity contribution >= 4 is 47.3 Å². The number of rotatable bonds is 0. The van der Waals surface area contributed by atoms with Crippen molar-refractivity contribution in [2.45, 2.75) is 53.4 Å². The van der Waals surface area contributed by atoms with Crippen molar-refractivity contribution in [1.82, 2.24) is 43.4 Å². The van der Waals surface area contributed by atoms with Crippen LogP contribution in [0.1, 0.15) is 53.4 Å². The minimum absolute atomic E-state index is 0.334. The lowest BCUT2D eigenvalue weighted by molar-refractivity contribution is -0.137. The highest BCUT2D eigenvalue weighted by Crippen LogP contribution is 2.05. The summed E-state index contributed by atoms with van der Waals surface area (Å²) in [6.45, 7) is 5.64. The second kappa shape index (κ2) is 14.2. The van der Waals surface area contributed by atoms with E-state index in [4.69, 9.17) is 0 Å². The highest BCUT2D eigenvalue weighted by Gasteiger charge is 2.23. The van der Waals surface area contributed by atoms with Crippen molar-refractivity contribution in [3.63, 3.8) is 0 Å². The SMILES string of the molecule is CC1CC(=O)NNC(=O)C(C)CC(=O)NNC(=O)C(C)CC(=O)NNC(=O)C(C)CC(=O)NNC1=O. The number of carbonyl (C=O) groups excluding carboxylic acids is 8. The number of hydrogen-bond acceptors (Lipinski definition) is 8. The van der Waals surface area contributed by atoms with Gasteiger partial charge in [0.2, 0.25) is 47.3 Å². The van der Waals surface area contributed by atoms with Crippen LogP contribution >= 0.6 is 0 Å². The van der Waals surface area contributed by atoms with E-state index in [1.807, 2.05) is 0 Å². The van der Waals surface area contributed by atoms with Gasteiger partial charge in [-0.05, 0) is 0 Å². The molecule has 1 saturated heterocycles. The van der Waals surface area contributed by atoms with Crippen LogP contribution in [0.4, 0.5) is 0 Å². The fourth-order valence-electron chi connectivity index (χ4n) is 2.71. The van der Waals surface area contributed by atoms with Crippen molar-refractivity contribution in [2.24, 2.45) is 23.7 Å². The van der Waals surface area contributed by atoms with Crippen molar-refractivity contribution in [2.75, 3.05) is 0 Å². The molecule has 0 saturated carbocycles. The fourth-order valence-corrected chi connectivity index (χ4v) is 2.71. The molecule has 8 N–H and O–H groups in total. The van der Waals surface area contributed by atoms with Gasteiger partial charge in [0.05, 0.1) is 0 Å². The third-order valence-electron chi connectivity index (χ3n) is 5.06. The van der Waals surface area contributed by atoms with E-state index in [-0.39, 0.29) is 25.7 Å². The highest BCUT2D eigenvalue weighted by atomic mass is 16.2. The first-order chi connectivity index (χ1) is 16.8. The van der Waals surface area contributed by atoms with E-state index < -0.39 is 70.9 Å². The first-order valence-electron chi connectivity index (χ1n) is 11.1. The molecule has 0 spiro atoms. The van der Waals surface area contributed by atoms with Gasteiger partial charge in [0.1, 0.15) is 0 Å². The molecule has 0 aliphatic carbocycles. The normalized spacial score (nSPS) is 27.0. The van der Waals surface area contributed by atoms with Crippen molar-refractivity contribution in [3.8, 4) is 0 Å². The third kappa shape index (κ3) is 10.8. The Hall–Kier alpha value is -4.24. The second-order valence-electron chi connectivity index (χ2n) is 8.57. The van der Waals surface area contributed by atoms with E-state index in [2.05, 4.69) is 43.4 Å². The van der Waals surface area contributed by atoms with E-state index in [1.54, 1.807) is 0 Å². The van der Waals surface area contributed by atoms with Crippen molar-refractivity contribution < 1.29 is 38.4 Å². The Bertz CT molecular complexity index is 764. The number of carbonyl (C=O) groups is 8.